The molecule has 0 spiro atoms. The number of aromatic nitrogens is 2. The van der Waals surface area contributed by atoms with Gasteiger partial charge >= 0.3 is 5.97 Å². The number of para-hydroxylation sites is 1. The maximum Gasteiger partial charge on any atom is 0.335 e. The molecule has 132 valence electrons. The summed E-state index contributed by atoms with van der Waals surface area (Å²) < 4.78 is 0. The highest BCUT2D eigenvalue weighted by molar-refractivity contribution is 5.88. The van der Waals surface area contributed by atoms with Gasteiger partial charge in [-0.25, -0.2) is 9.78 Å². The van der Waals surface area contributed by atoms with Crippen molar-refractivity contribution in [3.63, 3.8) is 0 Å². The highest BCUT2D eigenvalue weighted by Crippen LogP contribution is 2.24. The van der Waals surface area contributed by atoms with E-state index in [9.17, 15) is 4.79 Å². The normalized spacial score (nSPS) is 10.4. The van der Waals surface area contributed by atoms with Gasteiger partial charge in [0.2, 0.25) is 5.95 Å². The summed E-state index contributed by atoms with van der Waals surface area (Å²) in [7, 11) is 0. The Bertz CT molecular complexity index is 895. The van der Waals surface area contributed by atoms with Crippen molar-refractivity contribution >= 4 is 29.1 Å². The first-order valence-electron chi connectivity index (χ1n) is 8.35. The van der Waals surface area contributed by atoms with E-state index < -0.39 is 5.97 Å². The summed E-state index contributed by atoms with van der Waals surface area (Å²) in [4.78, 5) is 22.2. The highest BCUT2D eigenvalue weighted by Gasteiger charge is 2.12. The zero-order valence-electron chi connectivity index (χ0n) is 14.7. The van der Waals surface area contributed by atoms with E-state index in [0.29, 0.717) is 11.8 Å². The lowest BCUT2D eigenvalue weighted by Crippen LogP contribution is -2.19. The fourth-order valence-electron chi connectivity index (χ4n) is 2.63. The molecule has 0 radical (unpaired) electrons. The van der Waals surface area contributed by atoms with Gasteiger partial charge in [-0.05, 0) is 50.2 Å². The zero-order chi connectivity index (χ0) is 18.5. The molecule has 0 aliphatic carbocycles. The smallest absolute Gasteiger partial charge is 0.335 e. The first-order valence-corrected chi connectivity index (χ1v) is 8.35. The van der Waals surface area contributed by atoms with Gasteiger partial charge in [-0.2, -0.15) is 4.98 Å². The lowest BCUT2D eigenvalue weighted by Gasteiger charge is -2.22. The summed E-state index contributed by atoms with van der Waals surface area (Å²) in [6, 6.07) is 18.4. The fraction of sp³-hybridized carbons (Fsp3) is 0.150. The molecule has 0 atom stereocenters. The molecule has 0 aliphatic heterocycles. The van der Waals surface area contributed by atoms with Crippen LogP contribution in [0.4, 0.5) is 23.1 Å². The van der Waals surface area contributed by atoms with Crippen LogP contribution in [-0.2, 0) is 0 Å². The van der Waals surface area contributed by atoms with Crippen LogP contribution in [0.15, 0.2) is 60.7 Å². The number of anilines is 4. The summed E-state index contributed by atoms with van der Waals surface area (Å²) in [6.45, 7) is 4.71. The number of hydrogen-bond acceptors (Lipinski definition) is 5. The number of benzene rings is 2. The molecule has 0 amide bonds. The third kappa shape index (κ3) is 3.97. The van der Waals surface area contributed by atoms with E-state index in [-0.39, 0.29) is 5.56 Å². The van der Waals surface area contributed by atoms with Gasteiger partial charge < -0.3 is 15.3 Å². The second kappa shape index (κ2) is 7.65. The van der Waals surface area contributed by atoms with Crippen LogP contribution in [0.1, 0.15) is 23.0 Å². The van der Waals surface area contributed by atoms with Crippen LogP contribution in [0.5, 0.6) is 0 Å². The molecule has 0 fully saturated rings. The summed E-state index contributed by atoms with van der Waals surface area (Å²) in [5.41, 5.74) is 2.88. The maximum absolute atomic E-state index is 11.0. The van der Waals surface area contributed by atoms with Gasteiger partial charge in [0.25, 0.3) is 0 Å². The minimum absolute atomic E-state index is 0.247. The van der Waals surface area contributed by atoms with Crippen molar-refractivity contribution in [2.24, 2.45) is 0 Å². The fourth-order valence-corrected chi connectivity index (χ4v) is 2.63. The second-order valence-electron chi connectivity index (χ2n) is 5.78. The van der Waals surface area contributed by atoms with Gasteiger partial charge in [-0.3, -0.25) is 0 Å². The Hall–Kier alpha value is -3.41. The van der Waals surface area contributed by atoms with E-state index in [1.54, 1.807) is 24.3 Å². The van der Waals surface area contributed by atoms with Crippen LogP contribution in [0, 0.1) is 6.92 Å². The van der Waals surface area contributed by atoms with Gasteiger partial charge in [0.1, 0.15) is 5.82 Å². The predicted molar refractivity (Wildman–Crippen MR) is 103 cm³/mol. The van der Waals surface area contributed by atoms with Crippen LogP contribution >= 0.6 is 0 Å². The molecule has 2 aromatic carbocycles. The van der Waals surface area contributed by atoms with Crippen LogP contribution < -0.4 is 10.2 Å². The molecule has 1 heterocycles. The van der Waals surface area contributed by atoms with Gasteiger partial charge in [0, 0.05) is 29.7 Å². The number of nitrogens with one attached hydrogen (secondary N) is 1. The third-order valence-corrected chi connectivity index (χ3v) is 3.87. The molecular formula is C20H20N4O2. The van der Waals surface area contributed by atoms with E-state index in [0.717, 1.165) is 23.6 Å². The largest absolute Gasteiger partial charge is 0.478 e. The van der Waals surface area contributed by atoms with Crippen LogP contribution in [0.3, 0.4) is 0 Å². The Balaban J connectivity index is 1.88. The number of nitrogens with zero attached hydrogens (tertiary/aromatic N) is 3. The zero-order valence-corrected chi connectivity index (χ0v) is 14.7. The predicted octanol–water partition coefficient (Wildman–Crippen LogP) is 4.38. The minimum Gasteiger partial charge on any atom is -0.478 e. The Morgan fingerprint density at radius 1 is 1.08 bits per heavy atom. The standard InChI is InChI=1S/C20H20N4O2/c1-3-24(17-7-5-4-6-8-17)20-21-14(2)13-18(23-20)22-16-11-9-15(10-12-16)19(25)26/h4-13H,3H2,1-2H3,(H,25,26)(H,21,22,23). The molecule has 6 nitrogen and oxygen atoms in total. The molecule has 26 heavy (non-hydrogen) atoms. The van der Waals surface area contributed by atoms with Crippen molar-refractivity contribution in [2.75, 3.05) is 16.8 Å². The average Bonchev–Trinajstić information content (AvgIpc) is 2.63. The van der Waals surface area contributed by atoms with Crippen molar-refractivity contribution < 1.29 is 9.90 Å². The van der Waals surface area contributed by atoms with Crippen molar-refractivity contribution in [2.45, 2.75) is 13.8 Å². The van der Waals surface area contributed by atoms with Gasteiger partial charge in [-0.1, -0.05) is 18.2 Å². The van der Waals surface area contributed by atoms with E-state index in [1.165, 1.54) is 0 Å². The summed E-state index contributed by atoms with van der Waals surface area (Å²) in [6.07, 6.45) is 0. The van der Waals surface area contributed by atoms with Gasteiger partial charge in [0.15, 0.2) is 0 Å². The van der Waals surface area contributed by atoms with E-state index in [1.807, 2.05) is 48.2 Å². The van der Waals surface area contributed by atoms with Crippen LogP contribution in [-0.4, -0.2) is 27.6 Å². The molecule has 1 aromatic heterocycles. The number of carboxylic acids is 1. The Morgan fingerprint density at radius 3 is 2.38 bits per heavy atom. The minimum atomic E-state index is -0.946. The summed E-state index contributed by atoms with van der Waals surface area (Å²) in [5.74, 6) is 0.325. The number of carboxylic acid groups (broad SMARTS) is 1. The number of aromatic carboxylic acids is 1. The Morgan fingerprint density at radius 2 is 1.77 bits per heavy atom. The van der Waals surface area contributed by atoms with E-state index >= 15 is 0 Å². The third-order valence-electron chi connectivity index (χ3n) is 3.87. The highest BCUT2D eigenvalue weighted by atomic mass is 16.4. The van der Waals surface area contributed by atoms with Gasteiger partial charge in [0.05, 0.1) is 5.56 Å². The molecule has 0 saturated carbocycles. The molecule has 2 N–H and O–H groups in total. The molecule has 6 heteroatoms. The molecule has 0 unspecified atom stereocenters. The first-order chi connectivity index (χ1) is 12.6. The molecule has 0 bridgehead atoms. The number of aryl methyl sites for hydroxylation is 1. The molecule has 3 aromatic rings. The van der Waals surface area contributed by atoms with Crippen molar-refractivity contribution in [1.29, 1.82) is 0 Å². The lowest BCUT2D eigenvalue weighted by atomic mass is 10.2. The Kier molecular flexibility index (Phi) is 5.12. The summed E-state index contributed by atoms with van der Waals surface area (Å²) >= 11 is 0. The average molecular weight is 348 g/mol. The molecule has 3 rings (SSSR count). The number of hydrogen-bond donors (Lipinski definition) is 2. The second-order valence-corrected chi connectivity index (χ2v) is 5.78. The molecular weight excluding hydrogens is 328 g/mol. The quantitative estimate of drug-likeness (QED) is 0.688. The first kappa shape index (κ1) is 17.4. The maximum atomic E-state index is 11.0. The van der Waals surface area contributed by atoms with E-state index in [4.69, 9.17) is 5.11 Å². The van der Waals surface area contributed by atoms with Crippen LogP contribution in [0.2, 0.25) is 0 Å². The number of carbonyl (C=O) groups is 1. The monoisotopic (exact) mass is 348 g/mol. The molecule has 0 saturated heterocycles. The van der Waals surface area contributed by atoms with Crippen molar-refractivity contribution in [3.05, 3.63) is 71.9 Å². The topological polar surface area (TPSA) is 78.4 Å². The van der Waals surface area contributed by atoms with E-state index in [2.05, 4.69) is 22.2 Å². The SMILES string of the molecule is CCN(c1ccccc1)c1nc(C)cc(Nc2ccc(C(=O)O)cc2)n1. The van der Waals surface area contributed by atoms with Crippen LogP contribution in [0.25, 0.3) is 0 Å². The van der Waals surface area contributed by atoms with Crippen molar-refractivity contribution in [3.8, 4) is 0 Å². The lowest BCUT2D eigenvalue weighted by molar-refractivity contribution is 0.0697. The Labute approximate surface area is 152 Å². The molecule has 0 aliphatic rings. The van der Waals surface area contributed by atoms with Crippen molar-refractivity contribution in [1.82, 2.24) is 9.97 Å². The summed E-state index contributed by atoms with van der Waals surface area (Å²) in [5, 5.41) is 12.2. The number of rotatable bonds is 6. The van der Waals surface area contributed by atoms with Gasteiger partial charge in [-0.15, -0.1) is 0 Å².